The highest BCUT2D eigenvalue weighted by Crippen LogP contribution is 2.45. The van der Waals surface area contributed by atoms with E-state index in [0.717, 1.165) is 5.54 Å². The summed E-state index contributed by atoms with van der Waals surface area (Å²) in [7, 11) is 0. The minimum atomic E-state index is -1.41. The zero-order valence-electron chi connectivity index (χ0n) is 8.58. The lowest BCUT2D eigenvalue weighted by atomic mass is 10.0. The van der Waals surface area contributed by atoms with Crippen molar-refractivity contribution in [1.29, 1.82) is 0 Å². The van der Waals surface area contributed by atoms with Crippen molar-refractivity contribution in [3.63, 3.8) is 0 Å². The molecule has 0 bridgehead atoms. The Morgan fingerprint density at radius 1 is 0.643 bits per heavy atom. The largest absolute Gasteiger partial charge is 0.270 e. The predicted molar refractivity (Wildman–Crippen MR) is 77.8 cm³/mol. The normalized spacial score (nSPS) is 23.4. The van der Waals surface area contributed by atoms with Crippen LogP contribution in [-0.4, -0.2) is 3.93 Å². The van der Waals surface area contributed by atoms with Crippen molar-refractivity contribution >= 4 is 49.8 Å². The van der Waals surface area contributed by atoms with Crippen LogP contribution in [0.25, 0.3) is 0 Å². The second-order valence-electron chi connectivity index (χ2n) is 4.29. The number of hydrogen-bond donors (Lipinski definition) is 0. The lowest BCUT2D eigenvalue weighted by Gasteiger charge is -2.24. The van der Waals surface area contributed by atoms with Gasteiger partial charge in [-0.15, -0.1) is 0 Å². The first kappa shape index (κ1) is 13.7. The van der Waals surface area contributed by atoms with Gasteiger partial charge >= 0.3 is 0 Å². The van der Waals surface area contributed by atoms with Gasteiger partial charge in [-0.2, -0.15) is 0 Å². The van der Waals surface area contributed by atoms with Crippen molar-refractivity contribution in [3.8, 4) is 0 Å². The zero-order chi connectivity index (χ0) is 10.4. The van der Waals surface area contributed by atoms with Crippen LogP contribution in [0.1, 0.15) is 57.8 Å². The Labute approximate surface area is 112 Å². The maximum atomic E-state index is 3.82. The maximum absolute atomic E-state index is 3.82. The minimum absolute atomic E-state index is 0.862. The van der Waals surface area contributed by atoms with Gasteiger partial charge in [-0.25, -0.2) is 0 Å². The first-order valence-corrected chi connectivity index (χ1v) is 14.5. The summed E-state index contributed by atoms with van der Waals surface area (Å²) < 4.78 is -1.41. The summed E-state index contributed by atoms with van der Waals surface area (Å²) in [5.41, 5.74) is 0.862. The molecule has 0 nitrogen and oxygen atoms in total. The summed E-state index contributed by atoms with van der Waals surface area (Å²) in [6, 6.07) is 0. The molecule has 0 aromatic carbocycles. The van der Waals surface area contributed by atoms with Crippen LogP contribution in [0.2, 0.25) is 5.54 Å². The van der Waals surface area contributed by atoms with Crippen molar-refractivity contribution in [1.82, 2.24) is 0 Å². The summed E-state index contributed by atoms with van der Waals surface area (Å²) in [5.74, 6) is 0. The number of rotatable bonds is 1. The smallest absolute Gasteiger partial charge is 0.0961 e. The van der Waals surface area contributed by atoms with Gasteiger partial charge in [0, 0.05) is 0 Å². The molecule has 0 atom stereocenters. The van der Waals surface area contributed by atoms with E-state index in [1.54, 1.807) is 0 Å². The van der Waals surface area contributed by atoms with Gasteiger partial charge in [-0.1, -0.05) is 104 Å². The van der Waals surface area contributed by atoms with Crippen LogP contribution < -0.4 is 0 Å². The van der Waals surface area contributed by atoms with E-state index in [2.05, 4.69) is 45.9 Å². The third-order valence-electron chi connectivity index (χ3n) is 3.07. The fourth-order valence-corrected chi connectivity index (χ4v) is 7.32. The summed E-state index contributed by atoms with van der Waals surface area (Å²) in [6.07, 6.45) is 12.9. The standard InChI is InChI=1S/C10H19Br3Si/c11-14(12,13)10-8-6-4-2-1-3-5-7-9-10/h10H,1-9H2. The minimum Gasteiger partial charge on any atom is -0.0961 e. The Morgan fingerprint density at radius 2 is 1.00 bits per heavy atom. The molecule has 0 unspecified atom stereocenters. The third kappa shape index (κ3) is 5.66. The molecule has 4 heteroatoms. The van der Waals surface area contributed by atoms with E-state index in [1.807, 2.05) is 0 Å². The van der Waals surface area contributed by atoms with E-state index in [-0.39, 0.29) is 0 Å². The molecule has 0 aliphatic heterocycles. The Hall–Kier alpha value is 1.66. The first-order valence-electron chi connectivity index (χ1n) is 5.67. The molecule has 84 valence electrons. The van der Waals surface area contributed by atoms with Crippen LogP contribution in [0.15, 0.2) is 0 Å². The lowest BCUT2D eigenvalue weighted by Crippen LogP contribution is -2.18. The molecule has 14 heavy (non-hydrogen) atoms. The quantitative estimate of drug-likeness (QED) is 0.369. The SMILES string of the molecule is Br[Si](Br)(Br)C1CCCCCCCCC1. The molecular formula is C10H19Br3Si. The van der Waals surface area contributed by atoms with E-state index in [1.165, 1.54) is 57.8 Å². The summed E-state index contributed by atoms with van der Waals surface area (Å²) >= 11 is 11.5. The average molecular weight is 407 g/mol. The molecule has 1 aliphatic carbocycles. The molecule has 1 rings (SSSR count). The van der Waals surface area contributed by atoms with Crippen LogP contribution in [0.5, 0.6) is 0 Å². The maximum Gasteiger partial charge on any atom is 0.270 e. The summed E-state index contributed by atoms with van der Waals surface area (Å²) in [6.45, 7) is 0. The van der Waals surface area contributed by atoms with E-state index >= 15 is 0 Å². The Bertz CT molecular complexity index is 146. The number of hydrogen-bond acceptors (Lipinski definition) is 0. The highest BCUT2D eigenvalue weighted by Gasteiger charge is 2.33. The van der Waals surface area contributed by atoms with Gasteiger partial charge < -0.3 is 0 Å². The van der Waals surface area contributed by atoms with Gasteiger partial charge in [-0.05, 0) is 5.54 Å². The van der Waals surface area contributed by atoms with Crippen molar-refractivity contribution in [2.75, 3.05) is 0 Å². The molecule has 0 aromatic rings. The predicted octanol–water partition coefficient (Wildman–Crippen LogP) is 6.00. The molecule has 1 aliphatic rings. The fourth-order valence-electron chi connectivity index (χ4n) is 2.14. The fraction of sp³-hybridized carbons (Fsp3) is 1.00. The summed E-state index contributed by atoms with van der Waals surface area (Å²) in [5, 5.41) is 0. The highest BCUT2D eigenvalue weighted by atomic mass is 80.0. The van der Waals surface area contributed by atoms with Gasteiger partial charge in [0.2, 0.25) is 0 Å². The van der Waals surface area contributed by atoms with Crippen LogP contribution in [0, 0.1) is 0 Å². The first-order chi connectivity index (χ1) is 6.61. The Kier molecular flexibility index (Phi) is 6.93. The summed E-state index contributed by atoms with van der Waals surface area (Å²) in [4.78, 5) is 0. The zero-order valence-corrected chi connectivity index (χ0v) is 14.3. The van der Waals surface area contributed by atoms with Crippen LogP contribution in [-0.2, 0) is 0 Å². The van der Waals surface area contributed by atoms with Gasteiger partial charge in [0.05, 0.1) is 0 Å². The van der Waals surface area contributed by atoms with Gasteiger partial charge in [-0.3, -0.25) is 0 Å². The van der Waals surface area contributed by atoms with Crippen molar-refractivity contribution < 1.29 is 0 Å². The molecular weight excluding hydrogens is 388 g/mol. The average Bonchev–Trinajstić information content (AvgIpc) is 2.12. The molecule has 0 saturated heterocycles. The molecule has 1 fully saturated rings. The van der Waals surface area contributed by atoms with Gasteiger partial charge in [0.25, 0.3) is 3.93 Å². The third-order valence-corrected chi connectivity index (χ3v) is 10.4. The molecule has 0 amide bonds. The van der Waals surface area contributed by atoms with Crippen LogP contribution in [0.4, 0.5) is 0 Å². The van der Waals surface area contributed by atoms with E-state index < -0.39 is 3.93 Å². The van der Waals surface area contributed by atoms with Crippen LogP contribution in [0.3, 0.4) is 0 Å². The second-order valence-corrected chi connectivity index (χ2v) is 27.0. The monoisotopic (exact) mass is 404 g/mol. The lowest BCUT2D eigenvalue weighted by molar-refractivity contribution is 0.503. The van der Waals surface area contributed by atoms with Crippen LogP contribution >= 0.6 is 45.9 Å². The molecule has 0 radical (unpaired) electrons. The molecule has 1 saturated carbocycles. The molecule has 0 N–H and O–H groups in total. The van der Waals surface area contributed by atoms with Crippen molar-refractivity contribution in [3.05, 3.63) is 0 Å². The van der Waals surface area contributed by atoms with Crippen molar-refractivity contribution in [2.24, 2.45) is 0 Å². The highest BCUT2D eigenvalue weighted by molar-refractivity contribution is 9.72. The Morgan fingerprint density at radius 3 is 1.36 bits per heavy atom. The number of halogens is 3. The van der Waals surface area contributed by atoms with E-state index in [4.69, 9.17) is 0 Å². The topological polar surface area (TPSA) is 0 Å². The van der Waals surface area contributed by atoms with E-state index in [0.29, 0.717) is 0 Å². The van der Waals surface area contributed by atoms with Crippen molar-refractivity contribution in [2.45, 2.75) is 63.3 Å². The van der Waals surface area contributed by atoms with Gasteiger partial charge in [0.15, 0.2) is 0 Å². The molecule has 0 spiro atoms. The molecule has 0 aromatic heterocycles. The van der Waals surface area contributed by atoms with Gasteiger partial charge in [0.1, 0.15) is 0 Å². The van der Waals surface area contributed by atoms with E-state index in [9.17, 15) is 0 Å². The molecule has 0 heterocycles. The Balaban J connectivity index is 2.38. The second kappa shape index (κ2) is 7.07.